The van der Waals surface area contributed by atoms with Gasteiger partial charge in [0, 0.05) is 29.8 Å². The van der Waals surface area contributed by atoms with Crippen molar-refractivity contribution in [2.45, 2.75) is 49.8 Å². The quantitative estimate of drug-likeness (QED) is 0.441. The number of fused-ring (bicyclic) bond motifs is 4. The number of nitrogens with zero attached hydrogens (tertiary/aromatic N) is 2. The molecule has 2 aliphatic heterocycles. The number of halogens is 1. The summed E-state index contributed by atoms with van der Waals surface area (Å²) < 4.78 is 6.76. The Hall–Kier alpha value is -2.78. The molecule has 3 aromatic carbocycles. The lowest BCUT2D eigenvalue weighted by atomic mass is 9.78. The summed E-state index contributed by atoms with van der Waals surface area (Å²) in [5, 5.41) is 8.21. The van der Waals surface area contributed by atoms with E-state index in [1.54, 1.807) is 0 Å². The second-order valence-corrected chi connectivity index (χ2v) is 9.33. The molecule has 1 atom stereocenters. The van der Waals surface area contributed by atoms with E-state index in [2.05, 4.69) is 71.7 Å². The molecule has 6 rings (SSSR count). The van der Waals surface area contributed by atoms with Crippen molar-refractivity contribution >= 4 is 17.3 Å². The molecule has 3 nitrogen and oxygen atoms in total. The van der Waals surface area contributed by atoms with Crippen LogP contribution in [0, 0.1) is 0 Å². The van der Waals surface area contributed by atoms with E-state index in [1.807, 2.05) is 12.1 Å². The first-order chi connectivity index (χ1) is 15.2. The predicted octanol–water partition coefficient (Wildman–Crippen LogP) is 6.94. The molecule has 0 N–H and O–H groups in total. The molecule has 0 saturated heterocycles. The van der Waals surface area contributed by atoms with Crippen molar-refractivity contribution < 1.29 is 4.74 Å². The Morgan fingerprint density at radius 2 is 1.58 bits per heavy atom. The summed E-state index contributed by atoms with van der Waals surface area (Å²) in [4.78, 5) is 0. The van der Waals surface area contributed by atoms with Gasteiger partial charge in [0.05, 0.1) is 11.8 Å². The van der Waals surface area contributed by atoms with Gasteiger partial charge in [-0.1, -0.05) is 72.3 Å². The van der Waals surface area contributed by atoms with Crippen LogP contribution in [0.25, 0.3) is 0 Å². The van der Waals surface area contributed by atoms with Gasteiger partial charge in [-0.2, -0.15) is 5.10 Å². The molecule has 1 fully saturated rings. The molecule has 1 saturated carbocycles. The van der Waals surface area contributed by atoms with Crippen LogP contribution in [0.2, 0.25) is 5.02 Å². The number of benzene rings is 3. The van der Waals surface area contributed by atoms with Gasteiger partial charge in [0.1, 0.15) is 5.75 Å². The molecule has 1 aliphatic carbocycles. The number of ether oxygens (including phenoxy) is 1. The van der Waals surface area contributed by atoms with Crippen molar-refractivity contribution in [2.75, 3.05) is 0 Å². The molecule has 156 valence electrons. The van der Waals surface area contributed by atoms with E-state index < -0.39 is 0 Å². The molecule has 1 unspecified atom stereocenters. The van der Waals surface area contributed by atoms with Crippen molar-refractivity contribution in [3.8, 4) is 5.75 Å². The van der Waals surface area contributed by atoms with Crippen LogP contribution in [-0.4, -0.2) is 16.4 Å². The zero-order chi connectivity index (χ0) is 20.8. The van der Waals surface area contributed by atoms with Crippen LogP contribution in [0.3, 0.4) is 0 Å². The number of hydrazone groups is 1. The summed E-state index contributed by atoms with van der Waals surface area (Å²) in [6.45, 7) is 0. The zero-order valence-electron chi connectivity index (χ0n) is 17.4. The molecule has 0 bridgehead atoms. The van der Waals surface area contributed by atoms with Gasteiger partial charge in [-0.3, -0.25) is 0 Å². The van der Waals surface area contributed by atoms with Crippen LogP contribution in [-0.2, 0) is 0 Å². The Kier molecular flexibility index (Phi) is 4.53. The van der Waals surface area contributed by atoms with E-state index in [0.717, 1.165) is 54.2 Å². The molecule has 4 heteroatoms. The van der Waals surface area contributed by atoms with E-state index in [0.29, 0.717) is 5.92 Å². The van der Waals surface area contributed by atoms with Crippen molar-refractivity contribution in [1.29, 1.82) is 0 Å². The Labute approximate surface area is 188 Å². The molecule has 0 radical (unpaired) electrons. The molecule has 0 amide bonds. The number of para-hydroxylation sites is 1. The minimum atomic E-state index is -0.363. The lowest BCUT2D eigenvalue weighted by Gasteiger charge is -2.50. The maximum Gasteiger partial charge on any atom is 0.198 e. The molecular weight excluding hydrogens is 404 g/mol. The fourth-order valence-electron chi connectivity index (χ4n) is 5.50. The first-order valence-electron chi connectivity index (χ1n) is 11.2. The lowest BCUT2D eigenvalue weighted by molar-refractivity contribution is -0.142. The van der Waals surface area contributed by atoms with Gasteiger partial charge in [0.25, 0.3) is 0 Å². The van der Waals surface area contributed by atoms with Crippen molar-refractivity contribution in [2.24, 2.45) is 5.10 Å². The van der Waals surface area contributed by atoms with E-state index in [9.17, 15) is 0 Å². The van der Waals surface area contributed by atoms with Crippen molar-refractivity contribution in [3.05, 3.63) is 101 Å². The molecule has 0 aromatic heterocycles. The van der Waals surface area contributed by atoms with Gasteiger partial charge < -0.3 is 4.74 Å². The maximum absolute atomic E-state index is 6.76. The lowest BCUT2D eigenvalue weighted by Crippen LogP contribution is -2.55. The van der Waals surface area contributed by atoms with Crippen molar-refractivity contribution in [3.63, 3.8) is 0 Å². The highest BCUT2D eigenvalue weighted by molar-refractivity contribution is 6.30. The topological polar surface area (TPSA) is 24.8 Å². The Morgan fingerprint density at radius 3 is 2.35 bits per heavy atom. The van der Waals surface area contributed by atoms with Crippen LogP contribution in [0.1, 0.15) is 60.8 Å². The van der Waals surface area contributed by atoms with Crippen LogP contribution in [0.5, 0.6) is 5.75 Å². The fraction of sp³-hybridized carbons (Fsp3) is 0.296. The van der Waals surface area contributed by atoms with Crippen LogP contribution >= 0.6 is 11.6 Å². The second kappa shape index (κ2) is 7.42. The normalized spacial score (nSPS) is 26.7. The van der Waals surface area contributed by atoms with E-state index in [1.165, 1.54) is 11.1 Å². The molecule has 3 aromatic rings. The van der Waals surface area contributed by atoms with Gasteiger partial charge in [0.2, 0.25) is 0 Å². The third-order valence-electron chi connectivity index (χ3n) is 7.12. The standard InChI is InChI=1S/C27H25ClN2O/c28-22-12-10-21(11-13-22)24-18-25-23-8-4-5-9-26(23)31-27(30(25)29-24)16-14-20(15-17-27)19-6-2-1-3-7-19/h1-13,20,25H,14-18H2. The van der Waals surface area contributed by atoms with Gasteiger partial charge in [-0.15, -0.1) is 0 Å². The number of hydrogen-bond acceptors (Lipinski definition) is 3. The van der Waals surface area contributed by atoms with Gasteiger partial charge in [0.15, 0.2) is 5.72 Å². The fourth-order valence-corrected chi connectivity index (χ4v) is 5.63. The van der Waals surface area contributed by atoms with E-state index in [4.69, 9.17) is 21.4 Å². The van der Waals surface area contributed by atoms with Crippen LogP contribution in [0.4, 0.5) is 0 Å². The first-order valence-corrected chi connectivity index (χ1v) is 11.6. The number of rotatable bonds is 2. The smallest absolute Gasteiger partial charge is 0.198 e. The highest BCUT2D eigenvalue weighted by atomic mass is 35.5. The molecule has 1 spiro atoms. The zero-order valence-corrected chi connectivity index (χ0v) is 18.1. The monoisotopic (exact) mass is 428 g/mol. The summed E-state index contributed by atoms with van der Waals surface area (Å²) in [7, 11) is 0. The summed E-state index contributed by atoms with van der Waals surface area (Å²) in [6.07, 6.45) is 5.08. The molecule has 3 aliphatic rings. The minimum absolute atomic E-state index is 0.226. The third-order valence-corrected chi connectivity index (χ3v) is 7.37. The summed E-state index contributed by atoms with van der Waals surface area (Å²) in [6, 6.07) is 27.7. The Balaban J connectivity index is 1.35. The van der Waals surface area contributed by atoms with Crippen LogP contribution in [0.15, 0.2) is 84.0 Å². The predicted molar refractivity (Wildman–Crippen MR) is 125 cm³/mol. The second-order valence-electron chi connectivity index (χ2n) is 8.89. The summed E-state index contributed by atoms with van der Waals surface area (Å²) in [5.74, 6) is 1.61. The Morgan fingerprint density at radius 1 is 0.871 bits per heavy atom. The highest BCUT2D eigenvalue weighted by Gasteiger charge is 2.51. The minimum Gasteiger partial charge on any atom is -0.466 e. The van der Waals surface area contributed by atoms with Gasteiger partial charge in [-0.25, -0.2) is 5.01 Å². The molecule has 31 heavy (non-hydrogen) atoms. The molecular formula is C27H25ClN2O. The average molecular weight is 429 g/mol. The third kappa shape index (κ3) is 3.23. The van der Waals surface area contributed by atoms with Crippen molar-refractivity contribution in [1.82, 2.24) is 5.01 Å². The first kappa shape index (κ1) is 18.9. The molecule has 2 heterocycles. The SMILES string of the molecule is Clc1ccc(C2=NN3C(C2)c2ccccc2OC32CCC(c3ccccc3)CC2)cc1. The average Bonchev–Trinajstić information content (AvgIpc) is 3.28. The summed E-state index contributed by atoms with van der Waals surface area (Å²) >= 11 is 6.12. The highest BCUT2D eigenvalue weighted by Crippen LogP contribution is 2.52. The van der Waals surface area contributed by atoms with E-state index >= 15 is 0 Å². The maximum atomic E-state index is 6.76. The Bertz CT molecular complexity index is 1120. The largest absolute Gasteiger partial charge is 0.466 e. The van der Waals surface area contributed by atoms with E-state index in [-0.39, 0.29) is 11.8 Å². The van der Waals surface area contributed by atoms with Gasteiger partial charge >= 0.3 is 0 Å². The number of hydrogen-bond donors (Lipinski definition) is 0. The van der Waals surface area contributed by atoms with Crippen LogP contribution < -0.4 is 4.74 Å². The van der Waals surface area contributed by atoms with Gasteiger partial charge in [-0.05, 0) is 48.1 Å². The summed E-state index contributed by atoms with van der Waals surface area (Å²) in [5.41, 5.74) is 4.58.